The Morgan fingerprint density at radius 2 is 1.83 bits per heavy atom. The second-order valence-electron chi connectivity index (χ2n) is 9.80. The molecule has 0 bridgehead atoms. The van der Waals surface area contributed by atoms with Gasteiger partial charge in [0, 0.05) is 24.6 Å². The number of carbonyl (C=O) groups excluding carboxylic acids is 1. The fraction of sp³-hybridized carbons (Fsp3) is 0.500. The number of nitrogens with zero attached hydrogens (tertiary/aromatic N) is 2. The van der Waals surface area contributed by atoms with Crippen molar-refractivity contribution in [1.82, 2.24) is 9.21 Å². The van der Waals surface area contributed by atoms with E-state index in [1.54, 1.807) is 35.7 Å². The summed E-state index contributed by atoms with van der Waals surface area (Å²) in [5, 5.41) is 0. The number of amides is 1. The molecule has 36 heavy (non-hydrogen) atoms. The van der Waals surface area contributed by atoms with Crippen molar-refractivity contribution in [2.75, 3.05) is 24.6 Å². The van der Waals surface area contributed by atoms with Gasteiger partial charge in [-0.1, -0.05) is 18.2 Å². The molecular weight excluding hydrogens is 506 g/mol. The standard InChI is InChI=1S/C26H30F2N2O4S2/c1-18-8-9-21(17-22(18)28)36(32,33)30-23(19-4-2-5-20(27)16-19)6-3-7-24(30)26(10-11-26)34-25(31)29-12-14-35-15-13-29/h2,4-5,8-9,16-17,23-24H,3,6-7,10-15H2,1H3/t23-,24+/m0/s1. The number of ether oxygens (including phenoxy) is 1. The Morgan fingerprint density at radius 3 is 2.50 bits per heavy atom. The Labute approximate surface area is 215 Å². The minimum atomic E-state index is -4.20. The summed E-state index contributed by atoms with van der Waals surface area (Å²) < 4.78 is 64.3. The number of sulfonamides is 1. The Hall–Kier alpha value is -2.17. The van der Waals surface area contributed by atoms with Gasteiger partial charge in [0.2, 0.25) is 10.0 Å². The lowest BCUT2D eigenvalue weighted by Crippen LogP contribution is -2.54. The molecule has 2 atom stereocenters. The summed E-state index contributed by atoms with van der Waals surface area (Å²) >= 11 is 1.78. The van der Waals surface area contributed by atoms with Crippen LogP contribution in [0.2, 0.25) is 0 Å². The number of carbonyl (C=O) groups is 1. The molecule has 3 aliphatic rings. The summed E-state index contributed by atoms with van der Waals surface area (Å²) in [7, 11) is -4.20. The monoisotopic (exact) mass is 536 g/mol. The maximum Gasteiger partial charge on any atom is 0.410 e. The molecule has 1 amide bonds. The fourth-order valence-electron chi connectivity index (χ4n) is 5.30. The van der Waals surface area contributed by atoms with Gasteiger partial charge < -0.3 is 9.64 Å². The molecule has 1 aliphatic carbocycles. The number of hydrogen-bond acceptors (Lipinski definition) is 5. The van der Waals surface area contributed by atoms with Crippen molar-refractivity contribution < 1.29 is 26.7 Å². The topological polar surface area (TPSA) is 66.9 Å². The summed E-state index contributed by atoms with van der Waals surface area (Å²) in [4.78, 5) is 14.5. The highest BCUT2D eigenvalue weighted by molar-refractivity contribution is 7.99. The van der Waals surface area contributed by atoms with Crippen molar-refractivity contribution in [3.05, 3.63) is 65.2 Å². The lowest BCUT2D eigenvalue weighted by Gasteiger charge is -2.44. The number of hydrogen-bond donors (Lipinski definition) is 0. The van der Waals surface area contributed by atoms with Crippen molar-refractivity contribution in [2.24, 2.45) is 0 Å². The van der Waals surface area contributed by atoms with Crippen LogP contribution in [0, 0.1) is 18.6 Å². The third kappa shape index (κ3) is 4.87. The molecule has 5 rings (SSSR count). The summed E-state index contributed by atoms with van der Waals surface area (Å²) in [6.45, 7) is 2.77. The van der Waals surface area contributed by atoms with Gasteiger partial charge >= 0.3 is 6.09 Å². The molecule has 194 valence electrons. The largest absolute Gasteiger partial charge is 0.441 e. The van der Waals surface area contributed by atoms with E-state index < -0.39 is 45.4 Å². The fourth-order valence-corrected chi connectivity index (χ4v) is 8.13. The van der Waals surface area contributed by atoms with Crippen LogP contribution in [-0.4, -0.2) is 60.0 Å². The zero-order valence-corrected chi connectivity index (χ0v) is 21.8. The summed E-state index contributed by atoms with van der Waals surface area (Å²) in [6, 6.07) is 8.54. The predicted octanol–water partition coefficient (Wildman–Crippen LogP) is 5.28. The Bertz CT molecular complexity index is 1250. The lowest BCUT2D eigenvalue weighted by molar-refractivity contribution is -0.00748. The van der Waals surface area contributed by atoms with Crippen molar-refractivity contribution in [2.45, 2.75) is 61.6 Å². The van der Waals surface area contributed by atoms with E-state index in [2.05, 4.69) is 0 Å². The third-order valence-electron chi connectivity index (χ3n) is 7.43. The lowest BCUT2D eigenvalue weighted by atomic mass is 9.90. The van der Waals surface area contributed by atoms with E-state index >= 15 is 0 Å². The molecule has 0 N–H and O–H groups in total. The normalized spacial score (nSPS) is 24.4. The van der Waals surface area contributed by atoms with Crippen LogP contribution in [0.3, 0.4) is 0 Å². The first-order valence-electron chi connectivity index (χ1n) is 12.3. The van der Waals surface area contributed by atoms with E-state index in [0.29, 0.717) is 56.3 Å². The van der Waals surface area contributed by atoms with E-state index in [1.165, 1.54) is 28.6 Å². The average Bonchev–Trinajstić information content (AvgIpc) is 3.66. The van der Waals surface area contributed by atoms with E-state index in [1.807, 2.05) is 0 Å². The second-order valence-corrected chi connectivity index (χ2v) is 12.9. The van der Waals surface area contributed by atoms with Gasteiger partial charge in [-0.25, -0.2) is 22.0 Å². The van der Waals surface area contributed by atoms with Crippen LogP contribution in [0.5, 0.6) is 0 Å². The summed E-state index contributed by atoms with van der Waals surface area (Å²) in [5.74, 6) is 0.616. The maximum absolute atomic E-state index is 14.5. The van der Waals surface area contributed by atoms with Gasteiger partial charge in [0.15, 0.2) is 0 Å². The predicted molar refractivity (Wildman–Crippen MR) is 134 cm³/mol. The van der Waals surface area contributed by atoms with E-state index in [0.717, 1.165) is 17.6 Å². The highest BCUT2D eigenvalue weighted by Crippen LogP contribution is 2.52. The van der Waals surface area contributed by atoms with Crippen molar-refractivity contribution in [1.29, 1.82) is 0 Å². The molecule has 2 aromatic carbocycles. The molecule has 0 spiro atoms. The Morgan fingerprint density at radius 1 is 1.08 bits per heavy atom. The Kier molecular flexibility index (Phi) is 7.04. The average molecular weight is 537 g/mol. The zero-order valence-electron chi connectivity index (χ0n) is 20.2. The van der Waals surface area contributed by atoms with Crippen LogP contribution in [0.15, 0.2) is 47.4 Å². The van der Waals surface area contributed by atoms with Crippen molar-refractivity contribution in [3.63, 3.8) is 0 Å². The van der Waals surface area contributed by atoms with Gasteiger partial charge in [0.05, 0.1) is 17.0 Å². The van der Waals surface area contributed by atoms with Gasteiger partial charge in [0.25, 0.3) is 0 Å². The summed E-state index contributed by atoms with van der Waals surface area (Å²) in [6.07, 6.45) is 2.37. The van der Waals surface area contributed by atoms with Crippen molar-refractivity contribution in [3.8, 4) is 0 Å². The molecule has 1 saturated carbocycles. The van der Waals surface area contributed by atoms with Gasteiger partial charge in [-0.05, 0) is 74.4 Å². The second kappa shape index (κ2) is 9.95. The van der Waals surface area contributed by atoms with E-state index in [-0.39, 0.29) is 4.90 Å². The molecule has 0 radical (unpaired) electrons. The molecule has 2 heterocycles. The maximum atomic E-state index is 14.5. The number of thioether (sulfide) groups is 1. The van der Waals surface area contributed by atoms with E-state index in [4.69, 9.17) is 4.74 Å². The minimum Gasteiger partial charge on any atom is -0.441 e. The molecule has 2 aromatic rings. The number of benzene rings is 2. The highest BCUT2D eigenvalue weighted by atomic mass is 32.2. The van der Waals surface area contributed by atoms with Crippen LogP contribution in [0.4, 0.5) is 13.6 Å². The van der Waals surface area contributed by atoms with Gasteiger partial charge in [0.1, 0.15) is 17.2 Å². The number of aryl methyl sites for hydroxylation is 1. The molecule has 3 fully saturated rings. The highest BCUT2D eigenvalue weighted by Gasteiger charge is 2.60. The van der Waals surface area contributed by atoms with Crippen LogP contribution in [0.1, 0.15) is 49.3 Å². The molecule has 0 unspecified atom stereocenters. The third-order valence-corrected chi connectivity index (χ3v) is 10.3. The van der Waals surface area contributed by atoms with Crippen molar-refractivity contribution >= 4 is 27.9 Å². The molecule has 2 aliphatic heterocycles. The number of rotatable bonds is 5. The summed E-state index contributed by atoms with van der Waals surface area (Å²) in [5.41, 5.74) is -0.0617. The number of piperidine rings is 1. The van der Waals surface area contributed by atoms with Crippen LogP contribution >= 0.6 is 11.8 Å². The first kappa shape index (κ1) is 25.5. The smallest absolute Gasteiger partial charge is 0.410 e. The molecule has 0 aromatic heterocycles. The first-order valence-corrected chi connectivity index (χ1v) is 14.9. The first-order chi connectivity index (χ1) is 17.2. The minimum absolute atomic E-state index is 0.158. The van der Waals surface area contributed by atoms with Crippen LogP contribution in [-0.2, 0) is 14.8 Å². The molecular formula is C26H30F2N2O4S2. The number of halogens is 2. The van der Waals surface area contributed by atoms with E-state index in [9.17, 15) is 22.0 Å². The van der Waals surface area contributed by atoms with Crippen LogP contribution < -0.4 is 0 Å². The van der Waals surface area contributed by atoms with Gasteiger partial charge in [-0.2, -0.15) is 16.1 Å². The molecule has 10 heteroatoms. The van der Waals surface area contributed by atoms with Gasteiger partial charge in [-0.3, -0.25) is 0 Å². The SMILES string of the molecule is Cc1ccc(S(=O)(=O)N2[C@H](c3cccc(F)c3)CCC[C@@H]2C2(OC(=O)N3CCSCC3)CC2)cc1F. The zero-order chi connectivity index (χ0) is 25.5. The molecule has 2 saturated heterocycles. The van der Waals surface area contributed by atoms with Crippen LogP contribution in [0.25, 0.3) is 0 Å². The van der Waals surface area contributed by atoms with Gasteiger partial charge in [-0.15, -0.1) is 0 Å². The Balaban J connectivity index is 1.54. The quantitative estimate of drug-likeness (QED) is 0.521. The molecule has 6 nitrogen and oxygen atoms in total.